The van der Waals surface area contributed by atoms with Gasteiger partial charge >= 0.3 is 7.12 Å². The first-order chi connectivity index (χ1) is 12.5. The van der Waals surface area contributed by atoms with Gasteiger partial charge in [-0.2, -0.15) is 0 Å². The summed E-state index contributed by atoms with van der Waals surface area (Å²) in [5.74, 6) is -0.00434. The van der Waals surface area contributed by atoms with E-state index in [-0.39, 0.29) is 5.82 Å². The van der Waals surface area contributed by atoms with Crippen LogP contribution in [-0.2, 0) is 18.3 Å². The molecule has 2 aromatic heterocycles. The number of rotatable bonds is 3. The van der Waals surface area contributed by atoms with Crippen LogP contribution in [0, 0.1) is 0 Å². The van der Waals surface area contributed by atoms with E-state index in [1.807, 2.05) is 0 Å². The second-order valence-corrected chi connectivity index (χ2v) is 6.21. The predicted molar refractivity (Wildman–Crippen MR) is 96.0 cm³/mol. The number of hydrogen-bond donors (Lipinski definition) is 2. The SMILES string of the molecule is Cn1nc(C(=O)Nc2ccc3c(c2)B(O)OC3)nc1-c1ccc(Cl)cn1. The summed E-state index contributed by atoms with van der Waals surface area (Å²) in [5.41, 5.74) is 2.61. The van der Waals surface area contributed by atoms with Gasteiger partial charge in [0.25, 0.3) is 5.91 Å². The van der Waals surface area contributed by atoms with Gasteiger partial charge in [0, 0.05) is 18.9 Å². The number of benzene rings is 1. The molecule has 0 atom stereocenters. The molecule has 0 spiro atoms. The number of nitrogens with zero attached hydrogens (tertiary/aromatic N) is 4. The van der Waals surface area contributed by atoms with E-state index in [4.69, 9.17) is 16.3 Å². The Morgan fingerprint density at radius 2 is 2.23 bits per heavy atom. The molecule has 0 saturated heterocycles. The van der Waals surface area contributed by atoms with Crippen molar-refractivity contribution in [2.75, 3.05) is 5.32 Å². The lowest BCUT2D eigenvalue weighted by atomic mass is 9.79. The Morgan fingerprint density at radius 1 is 1.38 bits per heavy atom. The van der Waals surface area contributed by atoms with Gasteiger partial charge in [-0.05, 0) is 35.3 Å². The molecule has 0 radical (unpaired) electrons. The Morgan fingerprint density at radius 3 is 3.00 bits per heavy atom. The molecule has 1 aliphatic heterocycles. The molecule has 1 amide bonds. The van der Waals surface area contributed by atoms with Crippen molar-refractivity contribution >= 4 is 35.8 Å². The van der Waals surface area contributed by atoms with Gasteiger partial charge < -0.3 is 15.0 Å². The molecule has 4 rings (SSSR count). The zero-order valence-electron chi connectivity index (χ0n) is 13.7. The van der Waals surface area contributed by atoms with Crippen molar-refractivity contribution in [2.24, 2.45) is 7.05 Å². The molecule has 10 heteroatoms. The minimum Gasteiger partial charge on any atom is -0.423 e. The van der Waals surface area contributed by atoms with E-state index >= 15 is 0 Å². The van der Waals surface area contributed by atoms with Crippen LogP contribution in [0.25, 0.3) is 11.5 Å². The molecular weight excluding hydrogens is 356 g/mol. The maximum absolute atomic E-state index is 12.5. The van der Waals surface area contributed by atoms with Gasteiger partial charge in [0.2, 0.25) is 5.82 Å². The average molecular weight is 370 g/mol. The molecule has 1 aliphatic rings. The summed E-state index contributed by atoms with van der Waals surface area (Å²) in [6, 6.07) is 8.61. The molecule has 3 heterocycles. The number of aryl methyl sites for hydroxylation is 1. The smallest absolute Gasteiger partial charge is 0.423 e. The molecule has 8 nitrogen and oxygen atoms in total. The van der Waals surface area contributed by atoms with Crippen LogP contribution in [0.2, 0.25) is 5.02 Å². The van der Waals surface area contributed by atoms with Crippen LogP contribution in [-0.4, -0.2) is 37.8 Å². The Labute approximate surface area is 153 Å². The van der Waals surface area contributed by atoms with Gasteiger partial charge in [-0.1, -0.05) is 17.7 Å². The standard InChI is InChI=1S/C16H13BClN5O3/c1-23-15(13-5-3-10(18)7-19-13)21-14(22-23)16(24)20-11-4-2-9-8-26-17(25)12(9)6-11/h2-7,25H,8H2,1H3,(H,20,24). The van der Waals surface area contributed by atoms with E-state index in [2.05, 4.69) is 20.4 Å². The van der Waals surface area contributed by atoms with E-state index in [1.54, 1.807) is 37.4 Å². The van der Waals surface area contributed by atoms with Crippen LogP contribution >= 0.6 is 11.6 Å². The molecule has 26 heavy (non-hydrogen) atoms. The number of hydrogen-bond acceptors (Lipinski definition) is 6. The third-order valence-electron chi connectivity index (χ3n) is 3.99. The van der Waals surface area contributed by atoms with Crippen molar-refractivity contribution in [1.29, 1.82) is 0 Å². The molecule has 0 unspecified atom stereocenters. The summed E-state index contributed by atoms with van der Waals surface area (Å²) in [4.78, 5) is 20.9. The second kappa shape index (κ2) is 6.52. The molecule has 0 aliphatic carbocycles. The lowest BCUT2D eigenvalue weighted by Crippen LogP contribution is -2.28. The highest BCUT2D eigenvalue weighted by molar-refractivity contribution is 6.61. The summed E-state index contributed by atoms with van der Waals surface area (Å²) in [6.45, 7) is 0.351. The van der Waals surface area contributed by atoms with Gasteiger partial charge in [0.1, 0.15) is 5.69 Å². The van der Waals surface area contributed by atoms with Crippen molar-refractivity contribution in [3.63, 3.8) is 0 Å². The Hall–Kier alpha value is -2.75. The average Bonchev–Trinajstić information content (AvgIpc) is 3.19. The maximum atomic E-state index is 12.5. The minimum absolute atomic E-state index is 0.0107. The number of amides is 1. The quantitative estimate of drug-likeness (QED) is 0.668. The van der Waals surface area contributed by atoms with Gasteiger partial charge in [-0.15, -0.1) is 5.10 Å². The Kier molecular flexibility index (Phi) is 4.19. The van der Waals surface area contributed by atoms with Gasteiger partial charge in [-0.25, -0.2) is 9.67 Å². The van der Waals surface area contributed by atoms with E-state index in [9.17, 15) is 9.82 Å². The Bertz CT molecular complexity index is 992. The summed E-state index contributed by atoms with van der Waals surface area (Å²) in [6.07, 6.45) is 1.50. The van der Waals surface area contributed by atoms with E-state index < -0.39 is 13.0 Å². The maximum Gasteiger partial charge on any atom is 0.491 e. The summed E-state index contributed by atoms with van der Waals surface area (Å²) < 4.78 is 6.62. The fraction of sp³-hybridized carbons (Fsp3) is 0.125. The van der Waals surface area contributed by atoms with Crippen molar-refractivity contribution < 1.29 is 14.5 Å². The lowest BCUT2D eigenvalue weighted by molar-refractivity contribution is 0.101. The fourth-order valence-electron chi connectivity index (χ4n) is 2.69. The summed E-state index contributed by atoms with van der Waals surface area (Å²) in [5, 5.41) is 17.1. The molecule has 2 N–H and O–H groups in total. The van der Waals surface area contributed by atoms with Crippen molar-refractivity contribution in [3.05, 3.63) is 52.9 Å². The molecule has 0 fully saturated rings. The summed E-state index contributed by atoms with van der Waals surface area (Å²) in [7, 11) is 0.704. The molecule has 3 aromatic rings. The van der Waals surface area contributed by atoms with E-state index in [1.165, 1.54) is 10.9 Å². The zero-order chi connectivity index (χ0) is 18.3. The van der Waals surface area contributed by atoms with Crippen LogP contribution < -0.4 is 10.8 Å². The predicted octanol–water partition coefficient (Wildman–Crippen LogP) is 1.00. The van der Waals surface area contributed by atoms with Crippen molar-refractivity contribution in [3.8, 4) is 11.5 Å². The number of carbonyl (C=O) groups excluding carboxylic acids is 1. The first kappa shape index (κ1) is 16.7. The minimum atomic E-state index is -0.975. The highest BCUT2D eigenvalue weighted by Gasteiger charge is 2.27. The van der Waals surface area contributed by atoms with Crippen molar-refractivity contribution in [2.45, 2.75) is 6.61 Å². The number of pyridine rings is 1. The highest BCUT2D eigenvalue weighted by Crippen LogP contribution is 2.18. The lowest BCUT2D eigenvalue weighted by Gasteiger charge is -2.05. The molecule has 1 aromatic carbocycles. The number of carbonyl (C=O) groups is 1. The monoisotopic (exact) mass is 369 g/mol. The number of fused-ring (bicyclic) bond motifs is 1. The molecule has 130 valence electrons. The zero-order valence-corrected chi connectivity index (χ0v) is 14.4. The van der Waals surface area contributed by atoms with Crippen molar-refractivity contribution in [1.82, 2.24) is 19.7 Å². The Balaban J connectivity index is 1.57. The van der Waals surface area contributed by atoms with Gasteiger partial charge in [0.15, 0.2) is 5.82 Å². The number of halogens is 1. The van der Waals surface area contributed by atoms with Crippen LogP contribution in [0.4, 0.5) is 5.69 Å². The number of anilines is 1. The van der Waals surface area contributed by atoms with Gasteiger partial charge in [-0.3, -0.25) is 9.78 Å². The third kappa shape index (κ3) is 3.07. The van der Waals surface area contributed by atoms with Crippen LogP contribution in [0.3, 0.4) is 0 Å². The third-order valence-corrected chi connectivity index (χ3v) is 4.21. The van der Waals surface area contributed by atoms with E-state index in [0.717, 1.165) is 5.56 Å². The highest BCUT2D eigenvalue weighted by atomic mass is 35.5. The number of aromatic nitrogens is 4. The van der Waals surface area contributed by atoms with Crippen LogP contribution in [0.15, 0.2) is 36.5 Å². The second-order valence-electron chi connectivity index (χ2n) is 5.78. The van der Waals surface area contributed by atoms with Crippen LogP contribution in [0.5, 0.6) is 0 Å². The largest absolute Gasteiger partial charge is 0.491 e. The summed E-state index contributed by atoms with van der Waals surface area (Å²) >= 11 is 5.84. The molecular formula is C16H13BClN5O3. The molecule has 0 saturated carbocycles. The van der Waals surface area contributed by atoms with Crippen LogP contribution in [0.1, 0.15) is 16.2 Å². The fourth-order valence-corrected chi connectivity index (χ4v) is 2.80. The normalized spacial score (nSPS) is 13.0. The van der Waals surface area contributed by atoms with E-state index in [0.29, 0.717) is 34.3 Å². The number of nitrogens with one attached hydrogen (secondary N) is 1. The first-order valence-corrected chi connectivity index (χ1v) is 8.16. The first-order valence-electron chi connectivity index (χ1n) is 7.78. The van der Waals surface area contributed by atoms with Gasteiger partial charge in [0.05, 0.1) is 11.6 Å². The topological polar surface area (TPSA) is 102 Å². The molecule has 0 bridgehead atoms.